The Labute approximate surface area is 188 Å². The van der Waals surface area contributed by atoms with Crippen LogP contribution >= 0.6 is 0 Å². The maximum atomic E-state index is 2.58. The third-order valence-corrected chi connectivity index (χ3v) is 9.90. The lowest BCUT2D eigenvalue weighted by molar-refractivity contribution is -0.00518. The van der Waals surface area contributed by atoms with Gasteiger partial charge in [-0.1, -0.05) is 73.4 Å². The van der Waals surface area contributed by atoms with E-state index in [9.17, 15) is 0 Å². The van der Waals surface area contributed by atoms with Crippen molar-refractivity contribution < 1.29 is 0 Å². The van der Waals surface area contributed by atoms with Gasteiger partial charge in [-0.25, -0.2) is 0 Å². The summed E-state index contributed by atoms with van der Waals surface area (Å²) >= 11 is 0. The van der Waals surface area contributed by atoms with Gasteiger partial charge in [0.25, 0.3) is 0 Å². The van der Waals surface area contributed by atoms with E-state index in [0.717, 1.165) is 23.7 Å². The molecule has 5 saturated carbocycles. The van der Waals surface area contributed by atoms with Gasteiger partial charge in [0.15, 0.2) is 0 Å². The van der Waals surface area contributed by atoms with Crippen molar-refractivity contribution >= 4 is 6.08 Å². The van der Waals surface area contributed by atoms with Gasteiger partial charge in [-0.05, 0) is 115 Å². The van der Waals surface area contributed by atoms with E-state index < -0.39 is 0 Å². The smallest absolute Gasteiger partial charge is 0.00391 e. The van der Waals surface area contributed by atoms with Gasteiger partial charge < -0.3 is 0 Å². The Kier molecular flexibility index (Phi) is 4.28. The van der Waals surface area contributed by atoms with Gasteiger partial charge in [0.2, 0.25) is 0 Å². The van der Waals surface area contributed by atoms with E-state index in [4.69, 9.17) is 0 Å². The molecule has 0 radical (unpaired) electrons. The predicted octanol–water partition coefficient (Wildman–Crippen LogP) is 8.34. The lowest BCUT2D eigenvalue weighted by Gasteiger charge is -2.57. The van der Waals surface area contributed by atoms with Gasteiger partial charge in [-0.15, -0.1) is 0 Å². The largest absolute Gasteiger partial charge is 0.0621 e. The lowest BCUT2D eigenvalue weighted by atomic mass is 9.48. The Balaban J connectivity index is 1.20. The highest BCUT2D eigenvalue weighted by atomic mass is 14.6. The molecule has 0 saturated heterocycles. The van der Waals surface area contributed by atoms with Gasteiger partial charge in [0.05, 0.1) is 0 Å². The second-order valence-corrected chi connectivity index (χ2v) is 11.9. The number of fused-ring (bicyclic) bond motifs is 1. The minimum Gasteiger partial charge on any atom is -0.0621 e. The molecule has 0 heterocycles. The van der Waals surface area contributed by atoms with E-state index >= 15 is 0 Å². The Morgan fingerprint density at radius 1 is 0.710 bits per heavy atom. The summed E-state index contributed by atoms with van der Waals surface area (Å²) in [6.07, 6.45) is 19.9. The normalized spacial score (nSPS) is 34.1. The van der Waals surface area contributed by atoms with Crippen molar-refractivity contribution in [2.24, 2.45) is 23.7 Å². The van der Waals surface area contributed by atoms with Crippen LogP contribution < -0.4 is 0 Å². The first-order valence-electron chi connectivity index (χ1n) is 13.2. The fourth-order valence-electron chi connectivity index (χ4n) is 8.85. The molecule has 31 heavy (non-hydrogen) atoms. The molecule has 6 aliphatic carbocycles. The molecule has 6 aliphatic rings. The van der Waals surface area contributed by atoms with E-state index in [1.54, 1.807) is 16.7 Å². The van der Waals surface area contributed by atoms with Crippen LogP contribution in [-0.2, 0) is 11.8 Å². The van der Waals surface area contributed by atoms with E-state index in [1.807, 2.05) is 0 Å². The third kappa shape index (κ3) is 3.08. The van der Waals surface area contributed by atoms with Gasteiger partial charge in [-0.2, -0.15) is 0 Å². The van der Waals surface area contributed by atoms with Crippen LogP contribution in [0.2, 0.25) is 0 Å². The highest BCUT2D eigenvalue weighted by Crippen LogP contribution is 2.60. The van der Waals surface area contributed by atoms with Crippen molar-refractivity contribution in [3.8, 4) is 11.1 Å². The van der Waals surface area contributed by atoms with Crippen LogP contribution in [0.15, 0.2) is 48.0 Å². The summed E-state index contributed by atoms with van der Waals surface area (Å²) in [6, 6.07) is 17.0. The van der Waals surface area contributed by atoms with E-state index in [0.29, 0.717) is 5.41 Å². The molecular weight excluding hydrogens is 372 g/mol. The Morgan fingerprint density at radius 3 is 2.06 bits per heavy atom. The van der Waals surface area contributed by atoms with Gasteiger partial charge >= 0.3 is 0 Å². The molecule has 0 amide bonds. The van der Waals surface area contributed by atoms with Crippen molar-refractivity contribution in [3.05, 3.63) is 64.7 Å². The van der Waals surface area contributed by atoms with Crippen LogP contribution in [0.5, 0.6) is 0 Å². The van der Waals surface area contributed by atoms with Gasteiger partial charge in [0.1, 0.15) is 0 Å². The molecule has 5 fully saturated rings. The van der Waals surface area contributed by atoms with Gasteiger partial charge in [-0.3, -0.25) is 0 Å². The molecule has 0 aliphatic heterocycles. The average Bonchev–Trinajstić information content (AvgIpc) is 3.24. The van der Waals surface area contributed by atoms with Crippen molar-refractivity contribution in [1.29, 1.82) is 0 Å². The lowest BCUT2D eigenvalue weighted by Crippen LogP contribution is -2.48. The van der Waals surface area contributed by atoms with Crippen LogP contribution in [0.3, 0.4) is 0 Å². The minimum absolute atomic E-state index is 0.514. The minimum atomic E-state index is 0.514. The summed E-state index contributed by atoms with van der Waals surface area (Å²) in [4.78, 5) is 0. The molecular formula is C31H36. The second kappa shape index (κ2) is 7.09. The fraction of sp³-hybridized carbons (Fsp3) is 0.548. The topological polar surface area (TPSA) is 0 Å². The van der Waals surface area contributed by atoms with Crippen LogP contribution in [-0.4, -0.2) is 0 Å². The molecule has 0 nitrogen and oxygen atoms in total. The van der Waals surface area contributed by atoms with Crippen molar-refractivity contribution in [2.75, 3.05) is 0 Å². The zero-order chi connectivity index (χ0) is 20.4. The van der Waals surface area contributed by atoms with Crippen LogP contribution in [0.25, 0.3) is 17.2 Å². The summed E-state index contributed by atoms with van der Waals surface area (Å²) < 4.78 is 0. The summed E-state index contributed by atoms with van der Waals surface area (Å²) in [5.41, 5.74) is 9.84. The van der Waals surface area contributed by atoms with Gasteiger partial charge in [0, 0.05) is 0 Å². The summed E-state index contributed by atoms with van der Waals surface area (Å²) in [5.74, 6) is 3.90. The Hall–Kier alpha value is -1.82. The highest BCUT2D eigenvalue weighted by Gasteiger charge is 2.51. The van der Waals surface area contributed by atoms with Crippen molar-refractivity contribution in [3.63, 3.8) is 0 Å². The number of hydrogen-bond donors (Lipinski definition) is 0. The quantitative estimate of drug-likeness (QED) is 0.479. The van der Waals surface area contributed by atoms with Crippen LogP contribution in [0.1, 0.15) is 87.3 Å². The number of allylic oxidation sites excluding steroid dienone is 1. The zero-order valence-electron chi connectivity index (χ0n) is 18.9. The summed E-state index contributed by atoms with van der Waals surface area (Å²) in [6.45, 7) is 0. The molecule has 8 rings (SSSR count). The first-order valence-corrected chi connectivity index (χ1v) is 13.2. The molecule has 0 aromatic heterocycles. The Morgan fingerprint density at radius 2 is 1.39 bits per heavy atom. The van der Waals surface area contributed by atoms with E-state index in [1.165, 1.54) is 93.7 Å². The molecule has 0 heteroatoms. The monoisotopic (exact) mass is 408 g/mol. The van der Waals surface area contributed by atoms with Crippen LogP contribution in [0.4, 0.5) is 0 Å². The molecule has 0 unspecified atom stereocenters. The SMILES string of the molecule is C1=C(C2CCCCC2)Cc2cccc(-c3ccc(C45CC6CC(CC(C6)C4)C5)cc3)c21. The third-order valence-electron chi connectivity index (χ3n) is 9.90. The highest BCUT2D eigenvalue weighted by molar-refractivity contribution is 5.81. The first kappa shape index (κ1) is 18.7. The van der Waals surface area contributed by atoms with Crippen molar-refractivity contribution in [2.45, 2.75) is 82.5 Å². The van der Waals surface area contributed by atoms with Crippen LogP contribution in [0, 0.1) is 23.7 Å². The summed E-state index contributed by atoms with van der Waals surface area (Å²) in [7, 11) is 0. The predicted molar refractivity (Wildman–Crippen MR) is 130 cm³/mol. The first-order chi connectivity index (χ1) is 15.3. The standard InChI is InChI=1S/C31H36/c1-2-5-24(6-3-1)27-16-26-7-4-8-29(30(26)17-27)25-9-11-28(12-10-25)31-18-21-13-22(19-31)15-23(14-21)20-31/h4,7-12,17,21-24H,1-3,5-6,13-16,18-20H2. The van der Waals surface area contributed by atoms with E-state index in [-0.39, 0.29) is 0 Å². The average molecular weight is 409 g/mol. The molecule has 2 aromatic rings. The van der Waals surface area contributed by atoms with Crippen molar-refractivity contribution in [1.82, 2.24) is 0 Å². The summed E-state index contributed by atoms with van der Waals surface area (Å²) in [5, 5.41) is 0. The fourth-order valence-corrected chi connectivity index (χ4v) is 8.85. The molecule has 0 atom stereocenters. The Bertz CT molecular complexity index is 979. The maximum absolute atomic E-state index is 2.58. The molecule has 0 spiro atoms. The number of hydrogen-bond acceptors (Lipinski definition) is 0. The maximum Gasteiger partial charge on any atom is -0.00391 e. The van der Waals surface area contributed by atoms with E-state index in [2.05, 4.69) is 48.5 Å². The molecule has 0 N–H and O–H groups in total. The molecule has 2 aromatic carbocycles. The zero-order valence-corrected chi connectivity index (χ0v) is 18.9. The second-order valence-electron chi connectivity index (χ2n) is 11.9. The molecule has 160 valence electrons. The number of benzene rings is 2. The number of rotatable bonds is 3. The molecule has 4 bridgehead atoms.